The smallest absolute Gasteiger partial charge is 0.137 e. The maximum atomic E-state index is 4.40. The van der Waals surface area contributed by atoms with Crippen LogP contribution in [-0.2, 0) is 5.41 Å². The Kier molecular flexibility index (Phi) is 3.31. The number of rotatable bonds is 2. The Morgan fingerprint density at radius 1 is 0.917 bits per heavy atom. The van der Waals surface area contributed by atoms with E-state index in [1.807, 2.05) is 12.3 Å². The molecule has 0 saturated heterocycles. The van der Waals surface area contributed by atoms with E-state index in [1.54, 1.807) is 6.20 Å². The summed E-state index contributed by atoms with van der Waals surface area (Å²) in [7, 11) is 0. The van der Waals surface area contributed by atoms with Crippen LogP contribution in [0.15, 0.2) is 60.9 Å². The lowest BCUT2D eigenvalue weighted by atomic mass is 9.87. The molecule has 4 aromatic rings. The van der Waals surface area contributed by atoms with Crippen molar-refractivity contribution in [1.82, 2.24) is 15.0 Å². The number of H-pyrrole nitrogens is 2. The molecule has 0 spiro atoms. The summed E-state index contributed by atoms with van der Waals surface area (Å²) in [6.07, 6.45) is 3.64. The average Bonchev–Trinajstić information content (AvgIpc) is 3.22. The number of benzene rings is 2. The number of aromatic nitrogens is 3. The standard InChI is InChI=1S/C21H21N3/c1-21(2,3)15-9-8-14-12-19(24-18(14)13-15)16-6-4-5-7-17(16)20-22-10-11-23-20/h4-13,24H,1-3H3,(H,22,23). The minimum absolute atomic E-state index is 0.144. The van der Waals surface area contributed by atoms with Crippen LogP contribution < -0.4 is 0 Å². The Labute approximate surface area is 141 Å². The van der Waals surface area contributed by atoms with E-state index in [0.717, 1.165) is 22.6 Å². The number of nitrogens with one attached hydrogen (secondary N) is 2. The third-order valence-electron chi connectivity index (χ3n) is 4.46. The van der Waals surface area contributed by atoms with Crippen molar-refractivity contribution in [2.45, 2.75) is 26.2 Å². The highest BCUT2D eigenvalue weighted by Crippen LogP contribution is 2.33. The largest absolute Gasteiger partial charge is 0.355 e. The van der Waals surface area contributed by atoms with E-state index < -0.39 is 0 Å². The van der Waals surface area contributed by atoms with E-state index >= 15 is 0 Å². The third-order valence-corrected chi connectivity index (χ3v) is 4.46. The third kappa shape index (κ3) is 2.52. The van der Waals surface area contributed by atoms with Crippen LogP contribution in [0.25, 0.3) is 33.5 Å². The van der Waals surface area contributed by atoms with Crippen molar-refractivity contribution in [2.24, 2.45) is 0 Å². The molecule has 0 radical (unpaired) electrons. The van der Waals surface area contributed by atoms with Crippen LogP contribution in [-0.4, -0.2) is 15.0 Å². The van der Waals surface area contributed by atoms with Gasteiger partial charge in [-0.25, -0.2) is 4.98 Å². The Morgan fingerprint density at radius 2 is 1.71 bits per heavy atom. The Morgan fingerprint density at radius 3 is 2.42 bits per heavy atom. The van der Waals surface area contributed by atoms with Gasteiger partial charge in [0.2, 0.25) is 0 Å². The van der Waals surface area contributed by atoms with E-state index in [9.17, 15) is 0 Å². The molecule has 0 aliphatic rings. The minimum atomic E-state index is 0.144. The summed E-state index contributed by atoms with van der Waals surface area (Å²) in [6.45, 7) is 6.72. The summed E-state index contributed by atoms with van der Waals surface area (Å²) in [5, 5.41) is 1.23. The predicted octanol–water partition coefficient (Wildman–Crippen LogP) is 5.52. The lowest BCUT2D eigenvalue weighted by molar-refractivity contribution is 0.591. The summed E-state index contributed by atoms with van der Waals surface area (Å²) in [4.78, 5) is 11.2. The SMILES string of the molecule is CC(C)(C)c1ccc2cc(-c3ccccc3-c3ncc[nH]3)[nH]c2c1. The molecule has 0 bridgehead atoms. The first-order valence-electron chi connectivity index (χ1n) is 8.25. The Bertz CT molecular complexity index is 986. The molecule has 0 aliphatic carbocycles. The minimum Gasteiger partial charge on any atom is -0.355 e. The molecule has 2 aromatic carbocycles. The van der Waals surface area contributed by atoms with E-state index in [-0.39, 0.29) is 5.41 Å². The van der Waals surface area contributed by atoms with Crippen molar-refractivity contribution in [3.8, 4) is 22.6 Å². The first kappa shape index (κ1) is 14.8. The number of imidazole rings is 1. The lowest BCUT2D eigenvalue weighted by Crippen LogP contribution is -2.10. The normalized spacial score (nSPS) is 12.0. The molecule has 0 aliphatic heterocycles. The van der Waals surface area contributed by atoms with Crippen LogP contribution in [0.5, 0.6) is 0 Å². The zero-order valence-corrected chi connectivity index (χ0v) is 14.2. The second kappa shape index (κ2) is 5.38. The monoisotopic (exact) mass is 315 g/mol. The maximum Gasteiger partial charge on any atom is 0.137 e. The molecule has 0 saturated carbocycles. The van der Waals surface area contributed by atoms with Gasteiger partial charge in [0.25, 0.3) is 0 Å². The van der Waals surface area contributed by atoms with Crippen LogP contribution in [0.2, 0.25) is 0 Å². The molecule has 2 heterocycles. The van der Waals surface area contributed by atoms with Gasteiger partial charge in [0, 0.05) is 40.1 Å². The highest BCUT2D eigenvalue weighted by atomic mass is 14.9. The van der Waals surface area contributed by atoms with Crippen molar-refractivity contribution in [3.63, 3.8) is 0 Å². The first-order chi connectivity index (χ1) is 11.5. The number of hydrogen-bond acceptors (Lipinski definition) is 1. The molecule has 24 heavy (non-hydrogen) atoms. The number of aromatic amines is 2. The van der Waals surface area contributed by atoms with E-state index in [1.165, 1.54) is 16.5 Å². The topological polar surface area (TPSA) is 44.5 Å². The summed E-state index contributed by atoms with van der Waals surface area (Å²) < 4.78 is 0. The molecule has 0 unspecified atom stereocenters. The second-order valence-corrected chi connectivity index (χ2v) is 7.22. The Balaban J connectivity index is 1.86. The fraction of sp³-hybridized carbons (Fsp3) is 0.190. The van der Waals surface area contributed by atoms with Crippen molar-refractivity contribution in [2.75, 3.05) is 0 Å². The van der Waals surface area contributed by atoms with E-state index in [2.05, 4.69) is 78.2 Å². The molecular weight excluding hydrogens is 294 g/mol. The van der Waals surface area contributed by atoms with Gasteiger partial charge in [-0.05, 0) is 23.1 Å². The van der Waals surface area contributed by atoms with Crippen molar-refractivity contribution < 1.29 is 0 Å². The molecule has 0 amide bonds. The first-order valence-corrected chi connectivity index (χ1v) is 8.25. The molecule has 3 heteroatoms. The molecule has 0 atom stereocenters. The number of hydrogen-bond donors (Lipinski definition) is 2. The number of fused-ring (bicyclic) bond motifs is 1. The molecule has 2 N–H and O–H groups in total. The lowest BCUT2D eigenvalue weighted by Gasteiger charge is -2.18. The van der Waals surface area contributed by atoms with Crippen LogP contribution >= 0.6 is 0 Å². The molecule has 0 fully saturated rings. The van der Waals surface area contributed by atoms with Gasteiger partial charge < -0.3 is 9.97 Å². The van der Waals surface area contributed by atoms with E-state index in [4.69, 9.17) is 0 Å². The summed E-state index contributed by atoms with van der Waals surface area (Å²) in [5.74, 6) is 0.889. The summed E-state index contributed by atoms with van der Waals surface area (Å²) in [5.41, 5.74) is 6.02. The number of nitrogens with zero attached hydrogens (tertiary/aromatic N) is 1. The molecule has 120 valence electrons. The highest BCUT2D eigenvalue weighted by Gasteiger charge is 2.15. The van der Waals surface area contributed by atoms with Gasteiger partial charge in [0.15, 0.2) is 0 Å². The van der Waals surface area contributed by atoms with Gasteiger partial charge in [-0.15, -0.1) is 0 Å². The summed E-state index contributed by atoms with van der Waals surface area (Å²) >= 11 is 0. The van der Waals surface area contributed by atoms with Gasteiger partial charge >= 0.3 is 0 Å². The van der Waals surface area contributed by atoms with E-state index in [0.29, 0.717) is 0 Å². The second-order valence-electron chi connectivity index (χ2n) is 7.22. The fourth-order valence-corrected chi connectivity index (χ4v) is 3.08. The summed E-state index contributed by atoms with van der Waals surface area (Å²) in [6, 6.07) is 17.2. The van der Waals surface area contributed by atoms with Gasteiger partial charge in [-0.3, -0.25) is 0 Å². The predicted molar refractivity (Wildman–Crippen MR) is 100 cm³/mol. The molecular formula is C21H21N3. The molecule has 3 nitrogen and oxygen atoms in total. The maximum absolute atomic E-state index is 4.40. The van der Waals surface area contributed by atoms with Crippen molar-refractivity contribution >= 4 is 10.9 Å². The van der Waals surface area contributed by atoms with Crippen LogP contribution in [0, 0.1) is 0 Å². The van der Waals surface area contributed by atoms with Gasteiger partial charge in [0.1, 0.15) is 5.82 Å². The zero-order valence-electron chi connectivity index (χ0n) is 14.2. The van der Waals surface area contributed by atoms with Crippen molar-refractivity contribution in [1.29, 1.82) is 0 Å². The van der Waals surface area contributed by atoms with Gasteiger partial charge in [-0.2, -0.15) is 0 Å². The van der Waals surface area contributed by atoms with Gasteiger partial charge in [0.05, 0.1) is 0 Å². The van der Waals surface area contributed by atoms with Crippen molar-refractivity contribution in [3.05, 3.63) is 66.5 Å². The average molecular weight is 315 g/mol. The van der Waals surface area contributed by atoms with Gasteiger partial charge in [-0.1, -0.05) is 57.2 Å². The fourth-order valence-electron chi connectivity index (χ4n) is 3.08. The van der Waals surface area contributed by atoms with Crippen LogP contribution in [0.3, 0.4) is 0 Å². The Hall–Kier alpha value is -2.81. The zero-order chi connectivity index (χ0) is 16.7. The highest BCUT2D eigenvalue weighted by molar-refractivity contribution is 5.90. The van der Waals surface area contributed by atoms with Crippen LogP contribution in [0.4, 0.5) is 0 Å². The molecule has 2 aromatic heterocycles. The van der Waals surface area contributed by atoms with Crippen LogP contribution in [0.1, 0.15) is 26.3 Å². The molecule has 4 rings (SSSR count). The quantitative estimate of drug-likeness (QED) is 0.502.